The van der Waals surface area contributed by atoms with Crippen molar-refractivity contribution in [2.75, 3.05) is 17.9 Å². The molecular weight excluding hydrogens is 543 g/mol. The quantitative estimate of drug-likeness (QED) is 0.150. The molecule has 1 heterocycles. The predicted octanol–water partition coefficient (Wildman–Crippen LogP) is 8.39. The topological polar surface area (TPSA) is 47.6 Å². The summed E-state index contributed by atoms with van der Waals surface area (Å²) in [4.78, 5) is 3.14. The summed E-state index contributed by atoms with van der Waals surface area (Å²) in [5.41, 5.74) is 6.71. The second-order valence-electron chi connectivity index (χ2n) is 12.1. The lowest BCUT2D eigenvalue weighted by molar-refractivity contribution is 0.192. The van der Waals surface area contributed by atoms with Crippen molar-refractivity contribution in [3.8, 4) is 5.75 Å². The van der Waals surface area contributed by atoms with Gasteiger partial charge < -0.3 is 9.29 Å². The molecule has 0 fully saturated rings. The molecule has 0 amide bonds. The average Bonchev–Trinajstić information content (AvgIpc) is 3.00. The smallest absolute Gasteiger partial charge is 0.180 e. The molecule has 1 N–H and O–H groups in total. The highest BCUT2D eigenvalue weighted by atomic mass is 32.2. The molecular formula is C36H41FN2O2S. The van der Waals surface area contributed by atoms with E-state index in [4.69, 9.17) is 4.74 Å². The van der Waals surface area contributed by atoms with E-state index in [-0.39, 0.29) is 11.1 Å². The van der Waals surface area contributed by atoms with E-state index in [9.17, 15) is 8.94 Å². The van der Waals surface area contributed by atoms with Crippen LogP contribution in [0.3, 0.4) is 0 Å². The van der Waals surface area contributed by atoms with Gasteiger partial charge in [0.05, 0.1) is 6.61 Å². The van der Waals surface area contributed by atoms with Crippen molar-refractivity contribution in [1.29, 1.82) is 0 Å². The zero-order chi connectivity index (χ0) is 29.7. The molecule has 4 aromatic rings. The third-order valence-electron chi connectivity index (χ3n) is 8.10. The van der Waals surface area contributed by atoms with E-state index < -0.39 is 17.2 Å². The largest absolute Gasteiger partial charge is 0.588 e. The summed E-state index contributed by atoms with van der Waals surface area (Å²) in [6, 6.07) is 30.1. The van der Waals surface area contributed by atoms with E-state index in [2.05, 4.69) is 79.8 Å². The second kappa shape index (κ2) is 13.3. The molecule has 0 aromatic heterocycles. The molecule has 1 aliphatic heterocycles. The van der Waals surface area contributed by atoms with Crippen LogP contribution in [0.15, 0.2) is 95.9 Å². The number of ether oxygens (including phenoxy) is 1. The van der Waals surface area contributed by atoms with E-state index in [1.54, 1.807) is 12.1 Å². The molecule has 0 aliphatic carbocycles. The first kappa shape index (κ1) is 30.1. The molecule has 2 unspecified atom stereocenters. The summed E-state index contributed by atoms with van der Waals surface area (Å²) in [5, 5.41) is 0. The predicted molar refractivity (Wildman–Crippen MR) is 171 cm³/mol. The highest BCUT2D eigenvalue weighted by Gasteiger charge is 2.25. The number of rotatable bonds is 10. The van der Waals surface area contributed by atoms with Gasteiger partial charge in [0.15, 0.2) is 10.7 Å². The fraction of sp³-hybridized carbons (Fsp3) is 0.333. The normalized spacial score (nSPS) is 15.1. The standard InChI is InChI=1S/C36H41FN2O2S/c1-26(28-12-15-31(16-13-28)36(2,3)4)39-21-20-29-23-33(18-14-30(29)25-39)42(40)38-35-19-17-32(24-34(35)37)41-22-8-11-27-9-6-5-7-10-27/h5-7,9-10,12-19,23-24,26,38H,8,11,20-22,25H2,1-4H3. The Morgan fingerprint density at radius 3 is 2.43 bits per heavy atom. The number of anilines is 1. The first-order chi connectivity index (χ1) is 20.2. The Hall–Kier alpha value is -3.32. The number of aryl methyl sites for hydroxylation is 1. The molecule has 5 rings (SSSR count). The van der Waals surface area contributed by atoms with Gasteiger partial charge in [-0.3, -0.25) is 4.90 Å². The number of halogens is 1. The minimum atomic E-state index is -1.58. The third-order valence-corrected chi connectivity index (χ3v) is 9.19. The van der Waals surface area contributed by atoms with Crippen LogP contribution < -0.4 is 9.46 Å². The van der Waals surface area contributed by atoms with Gasteiger partial charge in [0, 0.05) is 25.2 Å². The van der Waals surface area contributed by atoms with Gasteiger partial charge in [-0.05, 0) is 83.7 Å². The summed E-state index contributed by atoms with van der Waals surface area (Å²) in [6.07, 6.45) is 2.63. The van der Waals surface area contributed by atoms with Crippen LogP contribution in [0, 0.1) is 5.82 Å². The number of hydrogen-bond acceptors (Lipinski definition) is 4. The molecule has 0 saturated heterocycles. The molecule has 0 spiro atoms. The number of fused-ring (bicyclic) bond motifs is 1. The van der Waals surface area contributed by atoms with Crippen molar-refractivity contribution < 1.29 is 13.7 Å². The van der Waals surface area contributed by atoms with Crippen molar-refractivity contribution in [1.82, 2.24) is 4.90 Å². The Morgan fingerprint density at radius 1 is 0.952 bits per heavy atom. The lowest BCUT2D eigenvalue weighted by Gasteiger charge is -2.34. The number of nitrogens with zero attached hydrogens (tertiary/aromatic N) is 1. The van der Waals surface area contributed by atoms with Crippen molar-refractivity contribution >= 4 is 17.0 Å². The Morgan fingerprint density at radius 2 is 1.71 bits per heavy atom. The fourth-order valence-electron chi connectivity index (χ4n) is 5.41. The van der Waals surface area contributed by atoms with Gasteiger partial charge in [-0.25, -0.2) is 9.11 Å². The molecule has 1 aliphatic rings. The van der Waals surface area contributed by atoms with Crippen molar-refractivity contribution in [2.24, 2.45) is 0 Å². The molecule has 4 aromatic carbocycles. The Balaban J connectivity index is 1.15. The molecule has 42 heavy (non-hydrogen) atoms. The van der Waals surface area contributed by atoms with Crippen molar-refractivity contribution in [3.05, 3.63) is 125 Å². The SMILES string of the molecule is CC(c1ccc(C(C)(C)C)cc1)N1CCc2cc([S+]([O-])Nc3ccc(OCCCc4ccccc4)cc3F)ccc2C1. The van der Waals surface area contributed by atoms with Crippen LogP contribution in [-0.4, -0.2) is 22.6 Å². The van der Waals surface area contributed by atoms with Crippen molar-refractivity contribution in [2.45, 2.75) is 69.9 Å². The first-order valence-corrected chi connectivity index (χ1v) is 15.9. The summed E-state index contributed by atoms with van der Waals surface area (Å²) in [5.74, 6) is -0.0170. The summed E-state index contributed by atoms with van der Waals surface area (Å²) < 4.78 is 36.5. The first-order valence-electron chi connectivity index (χ1n) is 14.8. The van der Waals surface area contributed by atoms with Crippen LogP contribution in [0.5, 0.6) is 5.75 Å². The molecule has 6 heteroatoms. The molecule has 4 nitrogen and oxygen atoms in total. The maximum absolute atomic E-state index is 14.8. The lowest BCUT2D eigenvalue weighted by atomic mass is 9.86. The van der Waals surface area contributed by atoms with Gasteiger partial charge in [0.1, 0.15) is 22.8 Å². The number of hydrogen-bond donors (Lipinski definition) is 1. The highest BCUT2D eigenvalue weighted by Crippen LogP contribution is 2.31. The van der Waals surface area contributed by atoms with Gasteiger partial charge in [0.25, 0.3) is 0 Å². The van der Waals surface area contributed by atoms with Crippen molar-refractivity contribution in [3.63, 3.8) is 0 Å². The van der Waals surface area contributed by atoms with Crippen LogP contribution in [0.1, 0.15) is 68.0 Å². The third kappa shape index (κ3) is 7.54. The van der Waals surface area contributed by atoms with Crippen LogP contribution in [0.4, 0.5) is 10.1 Å². The maximum Gasteiger partial charge on any atom is 0.180 e. The lowest BCUT2D eigenvalue weighted by Crippen LogP contribution is -2.33. The van der Waals surface area contributed by atoms with E-state index >= 15 is 0 Å². The van der Waals surface area contributed by atoms with E-state index in [1.807, 2.05) is 30.3 Å². The van der Waals surface area contributed by atoms with Gasteiger partial charge in [-0.1, -0.05) is 81.4 Å². The molecule has 0 bridgehead atoms. The summed E-state index contributed by atoms with van der Waals surface area (Å²) >= 11 is -1.58. The maximum atomic E-state index is 14.8. The molecule has 2 atom stereocenters. The fourth-order valence-corrected chi connectivity index (χ4v) is 6.33. The van der Waals surface area contributed by atoms with Crippen LogP contribution in [0.25, 0.3) is 0 Å². The zero-order valence-electron chi connectivity index (χ0n) is 25.0. The zero-order valence-corrected chi connectivity index (χ0v) is 25.8. The average molecular weight is 585 g/mol. The van der Waals surface area contributed by atoms with Crippen LogP contribution >= 0.6 is 0 Å². The van der Waals surface area contributed by atoms with Gasteiger partial charge >= 0.3 is 0 Å². The minimum absolute atomic E-state index is 0.144. The minimum Gasteiger partial charge on any atom is -0.588 e. The van der Waals surface area contributed by atoms with E-state index in [0.717, 1.165) is 32.4 Å². The van der Waals surface area contributed by atoms with E-state index in [0.29, 0.717) is 23.3 Å². The van der Waals surface area contributed by atoms with Gasteiger partial charge in [0.2, 0.25) is 0 Å². The van der Waals surface area contributed by atoms with Crippen LogP contribution in [-0.2, 0) is 36.2 Å². The summed E-state index contributed by atoms with van der Waals surface area (Å²) in [7, 11) is 0. The molecule has 0 radical (unpaired) electrons. The molecule has 220 valence electrons. The van der Waals surface area contributed by atoms with Gasteiger partial charge in [-0.15, -0.1) is 0 Å². The highest BCUT2D eigenvalue weighted by molar-refractivity contribution is 7.92. The Kier molecular flexibility index (Phi) is 9.57. The van der Waals surface area contributed by atoms with Crippen LogP contribution in [0.2, 0.25) is 0 Å². The van der Waals surface area contributed by atoms with Gasteiger partial charge in [-0.2, -0.15) is 0 Å². The Labute approximate surface area is 253 Å². The monoisotopic (exact) mass is 584 g/mol. The Bertz CT molecular complexity index is 1470. The molecule has 0 saturated carbocycles. The van der Waals surface area contributed by atoms with E-state index in [1.165, 1.54) is 33.9 Å². The second-order valence-corrected chi connectivity index (χ2v) is 13.4. The summed E-state index contributed by atoms with van der Waals surface area (Å²) in [6.45, 7) is 11.3. The number of benzene rings is 4. The number of nitrogens with one attached hydrogen (secondary N) is 1.